The van der Waals surface area contributed by atoms with Gasteiger partial charge >= 0.3 is 0 Å². The fourth-order valence-corrected chi connectivity index (χ4v) is 2.65. The van der Waals surface area contributed by atoms with Gasteiger partial charge in [0.25, 0.3) is 0 Å². The highest BCUT2D eigenvalue weighted by molar-refractivity contribution is 5.36. The first-order chi connectivity index (χ1) is 9.22. The fraction of sp³-hybridized carbons (Fsp3) is 0.600. The van der Waals surface area contributed by atoms with Gasteiger partial charge in [-0.05, 0) is 35.6 Å². The van der Waals surface area contributed by atoms with E-state index >= 15 is 0 Å². The number of benzene rings is 1. The lowest BCUT2D eigenvalue weighted by Crippen LogP contribution is -2.28. The lowest BCUT2D eigenvalue weighted by molar-refractivity contribution is 0.0705. The van der Waals surface area contributed by atoms with Gasteiger partial charge in [-0.3, -0.25) is 0 Å². The molecule has 19 heavy (non-hydrogen) atoms. The van der Waals surface area contributed by atoms with Gasteiger partial charge in [-0.25, -0.2) is 4.39 Å². The molecule has 0 bridgehead atoms. The maximum atomic E-state index is 13.3. The lowest BCUT2D eigenvalue weighted by atomic mass is 10.0. The van der Waals surface area contributed by atoms with E-state index < -0.39 is 0 Å². The minimum Gasteiger partial charge on any atom is -0.382 e. The van der Waals surface area contributed by atoms with Crippen molar-refractivity contribution in [2.24, 2.45) is 5.92 Å². The summed E-state index contributed by atoms with van der Waals surface area (Å²) in [4.78, 5) is 0. The van der Waals surface area contributed by atoms with Gasteiger partial charge in [-0.2, -0.15) is 0 Å². The van der Waals surface area contributed by atoms with Crippen LogP contribution >= 0.6 is 0 Å². The number of hydrogen-bond donors (Lipinski definition) is 1. The maximum Gasteiger partial charge on any atom is 0.123 e. The summed E-state index contributed by atoms with van der Waals surface area (Å²) in [5.74, 6) is 0.340. The summed E-state index contributed by atoms with van der Waals surface area (Å²) in [7, 11) is 1.66. The van der Waals surface area contributed by atoms with E-state index in [0.29, 0.717) is 25.7 Å². The highest BCUT2D eigenvalue weighted by atomic mass is 19.1. The molecule has 0 saturated carbocycles. The number of halogens is 1. The zero-order chi connectivity index (χ0) is 13.7. The third kappa shape index (κ3) is 3.75. The number of methoxy groups -OCH3 is 1. The lowest BCUT2D eigenvalue weighted by Gasteiger charge is -2.18. The molecule has 2 atom stereocenters. The Morgan fingerprint density at radius 2 is 2.16 bits per heavy atom. The van der Waals surface area contributed by atoms with Crippen LogP contribution in [0.3, 0.4) is 0 Å². The van der Waals surface area contributed by atoms with Crippen molar-refractivity contribution in [1.82, 2.24) is 5.32 Å². The summed E-state index contributed by atoms with van der Waals surface area (Å²) < 4.78 is 23.7. The molecule has 1 aromatic rings. The van der Waals surface area contributed by atoms with Gasteiger partial charge in [0, 0.05) is 19.7 Å². The Hall–Kier alpha value is -0.970. The molecule has 0 saturated heterocycles. The minimum atomic E-state index is -0.156. The van der Waals surface area contributed by atoms with Crippen molar-refractivity contribution in [2.75, 3.05) is 33.5 Å². The average molecular weight is 267 g/mol. The molecule has 1 aliphatic carbocycles. The van der Waals surface area contributed by atoms with Crippen LogP contribution in [0.5, 0.6) is 0 Å². The summed E-state index contributed by atoms with van der Waals surface area (Å²) >= 11 is 0. The number of rotatable bonds is 7. The molecule has 0 amide bonds. The molecule has 3 nitrogen and oxygen atoms in total. The molecule has 0 unspecified atom stereocenters. The van der Waals surface area contributed by atoms with Gasteiger partial charge in [0.1, 0.15) is 5.82 Å². The predicted octanol–water partition coefficient (Wildman–Crippen LogP) is 2.31. The molecule has 4 heteroatoms. The Balaban J connectivity index is 1.82. The molecule has 0 aromatic heterocycles. The van der Waals surface area contributed by atoms with Gasteiger partial charge in [-0.1, -0.05) is 13.0 Å². The van der Waals surface area contributed by atoms with Gasteiger partial charge in [0.15, 0.2) is 0 Å². The molecule has 1 N–H and O–H groups in total. The van der Waals surface area contributed by atoms with Crippen LogP contribution in [-0.2, 0) is 15.9 Å². The fourth-order valence-electron chi connectivity index (χ4n) is 2.65. The van der Waals surface area contributed by atoms with E-state index in [9.17, 15) is 4.39 Å². The van der Waals surface area contributed by atoms with Crippen molar-refractivity contribution in [1.29, 1.82) is 0 Å². The van der Waals surface area contributed by atoms with Crippen LogP contribution < -0.4 is 5.32 Å². The largest absolute Gasteiger partial charge is 0.382 e. The minimum absolute atomic E-state index is 0.156. The molecule has 0 heterocycles. The first-order valence-electron chi connectivity index (χ1n) is 6.80. The van der Waals surface area contributed by atoms with Gasteiger partial charge in [0.05, 0.1) is 19.8 Å². The Kier molecular flexibility index (Phi) is 5.31. The van der Waals surface area contributed by atoms with Crippen molar-refractivity contribution < 1.29 is 13.9 Å². The van der Waals surface area contributed by atoms with Crippen LogP contribution in [0.25, 0.3) is 0 Å². The molecule has 1 aliphatic rings. The van der Waals surface area contributed by atoms with Crippen molar-refractivity contribution in [3.63, 3.8) is 0 Å². The van der Waals surface area contributed by atoms with E-state index in [4.69, 9.17) is 9.47 Å². The number of fused-ring (bicyclic) bond motifs is 1. The summed E-state index contributed by atoms with van der Waals surface area (Å²) in [6, 6.07) is 5.33. The van der Waals surface area contributed by atoms with Crippen molar-refractivity contribution in [3.8, 4) is 0 Å². The summed E-state index contributed by atoms with van der Waals surface area (Å²) in [6.07, 6.45) is 1.01. The molecular weight excluding hydrogens is 245 g/mol. The average Bonchev–Trinajstić information content (AvgIpc) is 2.69. The Morgan fingerprint density at radius 1 is 1.32 bits per heavy atom. The third-order valence-electron chi connectivity index (χ3n) is 3.60. The van der Waals surface area contributed by atoms with E-state index in [1.165, 1.54) is 5.56 Å². The smallest absolute Gasteiger partial charge is 0.123 e. The number of ether oxygens (including phenoxy) is 2. The second-order valence-corrected chi connectivity index (χ2v) is 5.06. The molecule has 106 valence electrons. The molecule has 0 radical (unpaired) electrons. The SMILES string of the molecule is COCCOCCN[C@@H]1c2cc(F)ccc2C[C@H]1C. The number of nitrogens with one attached hydrogen (secondary N) is 1. The van der Waals surface area contributed by atoms with Crippen LogP contribution in [-0.4, -0.2) is 33.5 Å². The topological polar surface area (TPSA) is 30.5 Å². The zero-order valence-corrected chi connectivity index (χ0v) is 11.6. The first-order valence-corrected chi connectivity index (χ1v) is 6.80. The highest BCUT2D eigenvalue weighted by Gasteiger charge is 2.28. The van der Waals surface area contributed by atoms with Crippen LogP contribution in [0.2, 0.25) is 0 Å². The maximum absolute atomic E-state index is 13.3. The van der Waals surface area contributed by atoms with E-state index in [-0.39, 0.29) is 11.9 Å². The predicted molar refractivity (Wildman–Crippen MR) is 72.7 cm³/mol. The highest BCUT2D eigenvalue weighted by Crippen LogP contribution is 2.35. The molecule has 1 aromatic carbocycles. The summed E-state index contributed by atoms with van der Waals surface area (Å²) in [5, 5.41) is 3.46. The molecule has 2 rings (SSSR count). The van der Waals surface area contributed by atoms with E-state index in [2.05, 4.69) is 12.2 Å². The first kappa shape index (κ1) is 14.4. The molecule has 0 aliphatic heterocycles. The number of hydrogen-bond acceptors (Lipinski definition) is 3. The summed E-state index contributed by atoms with van der Waals surface area (Å²) in [5.41, 5.74) is 2.36. The van der Waals surface area contributed by atoms with Gasteiger partial charge in [-0.15, -0.1) is 0 Å². The van der Waals surface area contributed by atoms with Crippen LogP contribution in [0.4, 0.5) is 4.39 Å². The Bertz CT molecular complexity index is 411. The third-order valence-corrected chi connectivity index (χ3v) is 3.60. The Morgan fingerprint density at radius 3 is 2.95 bits per heavy atom. The second-order valence-electron chi connectivity index (χ2n) is 5.06. The molecule has 0 fully saturated rings. The van der Waals surface area contributed by atoms with Crippen molar-refractivity contribution in [3.05, 3.63) is 35.1 Å². The monoisotopic (exact) mass is 267 g/mol. The Labute approximate surface area is 114 Å². The van der Waals surface area contributed by atoms with Crippen molar-refractivity contribution in [2.45, 2.75) is 19.4 Å². The van der Waals surface area contributed by atoms with Crippen LogP contribution in [0.1, 0.15) is 24.1 Å². The molecule has 0 spiro atoms. The van der Waals surface area contributed by atoms with E-state index in [1.54, 1.807) is 19.2 Å². The normalized spacial score (nSPS) is 21.6. The second kappa shape index (κ2) is 6.98. The van der Waals surface area contributed by atoms with Crippen LogP contribution in [0, 0.1) is 11.7 Å². The van der Waals surface area contributed by atoms with Crippen LogP contribution in [0.15, 0.2) is 18.2 Å². The standard InChI is InChI=1S/C15H22FNO2/c1-11-9-12-3-4-13(16)10-14(12)15(11)17-5-6-19-8-7-18-2/h3-4,10-11,15,17H,5-9H2,1-2H3/t11-,15+/m1/s1. The molecular formula is C15H22FNO2. The van der Waals surface area contributed by atoms with E-state index in [1.807, 2.05) is 6.07 Å². The van der Waals surface area contributed by atoms with Gasteiger partial charge < -0.3 is 14.8 Å². The zero-order valence-electron chi connectivity index (χ0n) is 11.6. The summed E-state index contributed by atoms with van der Waals surface area (Å²) in [6.45, 7) is 4.85. The van der Waals surface area contributed by atoms with Crippen molar-refractivity contribution >= 4 is 0 Å². The van der Waals surface area contributed by atoms with E-state index in [0.717, 1.165) is 18.5 Å². The van der Waals surface area contributed by atoms with Gasteiger partial charge in [0.2, 0.25) is 0 Å². The quantitative estimate of drug-likeness (QED) is 0.769.